The lowest BCUT2D eigenvalue weighted by Gasteiger charge is -2.42. The maximum Gasteiger partial charge on any atom is 0.231 e. The SMILES string of the molecule is c1ccc(C2CCC(N3CCN(Cc4ccc5c(c4)OCO5)CC3)CC2)cc1. The van der Waals surface area contributed by atoms with E-state index >= 15 is 0 Å². The monoisotopic (exact) mass is 378 g/mol. The summed E-state index contributed by atoms with van der Waals surface area (Å²) in [5.41, 5.74) is 2.86. The molecule has 5 rings (SSSR count). The molecule has 0 aromatic heterocycles. The number of nitrogens with zero attached hydrogens (tertiary/aromatic N) is 2. The van der Waals surface area contributed by atoms with Gasteiger partial charge in [-0.25, -0.2) is 0 Å². The standard InChI is InChI=1S/C24H30N2O2/c1-2-4-20(5-3-1)21-7-9-22(10-8-21)26-14-12-25(13-15-26)17-19-6-11-23-24(16-19)28-18-27-23/h1-6,11,16,21-22H,7-10,12-15,17-18H2. The Morgan fingerprint density at radius 1 is 0.786 bits per heavy atom. The van der Waals surface area contributed by atoms with Gasteiger partial charge < -0.3 is 9.47 Å². The van der Waals surface area contributed by atoms with Crippen LogP contribution in [0.2, 0.25) is 0 Å². The topological polar surface area (TPSA) is 24.9 Å². The van der Waals surface area contributed by atoms with Gasteiger partial charge in [0.15, 0.2) is 11.5 Å². The molecule has 2 aromatic carbocycles. The van der Waals surface area contributed by atoms with Crippen molar-refractivity contribution >= 4 is 0 Å². The quantitative estimate of drug-likeness (QED) is 0.794. The smallest absolute Gasteiger partial charge is 0.231 e. The van der Waals surface area contributed by atoms with Crippen molar-refractivity contribution in [1.29, 1.82) is 0 Å². The van der Waals surface area contributed by atoms with E-state index in [0.29, 0.717) is 6.79 Å². The van der Waals surface area contributed by atoms with Gasteiger partial charge in [-0.1, -0.05) is 36.4 Å². The molecule has 4 nitrogen and oxygen atoms in total. The molecule has 0 atom stereocenters. The minimum Gasteiger partial charge on any atom is -0.454 e. The molecule has 2 heterocycles. The summed E-state index contributed by atoms with van der Waals surface area (Å²) in [5, 5.41) is 0. The van der Waals surface area contributed by atoms with E-state index in [1.165, 1.54) is 49.9 Å². The molecule has 0 spiro atoms. The van der Waals surface area contributed by atoms with Crippen LogP contribution in [-0.2, 0) is 6.54 Å². The van der Waals surface area contributed by atoms with E-state index in [-0.39, 0.29) is 0 Å². The van der Waals surface area contributed by atoms with Crippen molar-refractivity contribution in [2.45, 2.75) is 44.2 Å². The minimum absolute atomic E-state index is 0.351. The van der Waals surface area contributed by atoms with Gasteiger partial charge in [0.05, 0.1) is 0 Å². The maximum absolute atomic E-state index is 5.52. The van der Waals surface area contributed by atoms with Crippen molar-refractivity contribution < 1.29 is 9.47 Å². The lowest BCUT2D eigenvalue weighted by atomic mass is 9.81. The average molecular weight is 379 g/mol. The molecule has 0 unspecified atom stereocenters. The normalized spacial score (nSPS) is 25.7. The third-order valence-corrected chi connectivity index (χ3v) is 6.73. The highest BCUT2D eigenvalue weighted by Crippen LogP contribution is 2.35. The van der Waals surface area contributed by atoms with Gasteiger partial charge >= 0.3 is 0 Å². The van der Waals surface area contributed by atoms with Crippen LogP contribution in [0.4, 0.5) is 0 Å². The van der Waals surface area contributed by atoms with Crippen molar-refractivity contribution in [2.24, 2.45) is 0 Å². The largest absolute Gasteiger partial charge is 0.454 e. The third-order valence-electron chi connectivity index (χ3n) is 6.73. The van der Waals surface area contributed by atoms with Gasteiger partial charge in [-0.3, -0.25) is 9.80 Å². The number of hydrogen-bond acceptors (Lipinski definition) is 4. The summed E-state index contributed by atoms with van der Waals surface area (Å²) in [7, 11) is 0. The number of rotatable bonds is 4. The number of fused-ring (bicyclic) bond motifs is 1. The van der Waals surface area contributed by atoms with Crippen LogP contribution in [0.3, 0.4) is 0 Å². The summed E-state index contributed by atoms with van der Waals surface area (Å²) in [6, 6.07) is 18.2. The Bertz CT molecular complexity index is 778. The van der Waals surface area contributed by atoms with E-state index in [2.05, 4.69) is 52.3 Å². The molecule has 0 radical (unpaired) electrons. The highest BCUT2D eigenvalue weighted by Gasteiger charge is 2.29. The second kappa shape index (κ2) is 8.14. The first-order valence-electron chi connectivity index (χ1n) is 10.7. The first-order chi connectivity index (χ1) is 13.8. The van der Waals surface area contributed by atoms with Crippen molar-refractivity contribution in [2.75, 3.05) is 33.0 Å². The molecular weight excluding hydrogens is 348 g/mol. The first-order valence-corrected chi connectivity index (χ1v) is 10.7. The van der Waals surface area contributed by atoms with Gasteiger partial charge in [0.1, 0.15) is 0 Å². The molecule has 148 valence electrons. The summed E-state index contributed by atoms with van der Waals surface area (Å²) >= 11 is 0. The van der Waals surface area contributed by atoms with Crippen LogP contribution in [-0.4, -0.2) is 48.8 Å². The molecule has 2 fully saturated rings. The predicted molar refractivity (Wildman–Crippen MR) is 111 cm³/mol. The average Bonchev–Trinajstić information content (AvgIpc) is 3.23. The van der Waals surface area contributed by atoms with E-state index in [4.69, 9.17) is 9.47 Å². The Kier molecular flexibility index (Phi) is 5.24. The zero-order valence-corrected chi connectivity index (χ0v) is 16.6. The van der Waals surface area contributed by atoms with Crippen molar-refractivity contribution in [3.63, 3.8) is 0 Å². The Morgan fingerprint density at radius 2 is 1.54 bits per heavy atom. The highest BCUT2D eigenvalue weighted by molar-refractivity contribution is 5.44. The Morgan fingerprint density at radius 3 is 2.32 bits per heavy atom. The van der Waals surface area contributed by atoms with Gasteiger partial charge in [-0.05, 0) is 54.9 Å². The molecule has 0 bridgehead atoms. The summed E-state index contributed by atoms with van der Waals surface area (Å²) in [6.45, 7) is 6.08. The van der Waals surface area contributed by atoms with Gasteiger partial charge in [-0.2, -0.15) is 0 Å². The minimum atomic E-state index is 0.351. The molecule has 2 aromatic rings. The van der Waals surface area contributed by atoms with Crippen LogP contribution >= 0.6 is 0 Å². The summed E-state index contributed by atoms with van der Waals surface area (Å²) < 4.78 is 10.9. The van der Waals surface area contributed by atoms with Crippen molar-refractivity contribution in [3.05, 3.63) is 59.7 Å². The molecule has 1 saturated carbocycles. The van der Waals surface area contributed by atoms with E-state index in [0.717, 1.165) is 43.1 Å². The predicted octanol–water partition coefficient (Wildman–Crippen LogP) is 4.26. The van der Waals surface area contributed by atoms with Gasteiger partial charge in [0.25, 0.3) is 0 Å². The Labute approximate surface area is 168 Å². The fraction of sp³-hybridized carbons (Fsp3) is 0.500. The van der Waals surface area contributed by atoms with Gasteiger partial charge in [0.2, 0.25) is 6.79 Å². The van der Waals surface area contributed by atoms with Crippen LogP contribution in [0, 0.1) is 0 Å². The molecule has 2 aliphatic heterocycles. The molecule has 4 heteroatoms. The molecule has 3 aliphatic rings. The first kappa shape index (κ1) is 18.0. The molecule has 1 aliphatic carbocycles. The molecule has 28 heavy (non-hydrogen) atoms. The van der Waals surface area contributed by atoms with Gasteiger partial charge in [0, 0.05) is 38.8 Å². The number of ether oxygens (including phenoxy) is 2. The van der Waals surface area contributed by atoms with E-state index in [1.807, 2.05) is 6.07 Å². The number of piperazine rings is 1. The Balaban J connectivity index is 1.10. The second-order valence-electron chi connectivity index (χ2n) is 8.42. The van der Waals surface area contributed by atoms with E-state index in [1.54, 1.807) is 0 Å². The summed E-state index contributed by atoms with van der Waals surface area (Å²) in [5.74, 6) is 2.54. The lowest BCUT2D eigenvalue weighted by molar-refractivity contribution is 0.0726. The van der Waals surface area contributed by atoms with Crippen LogP contribution in [0.15, 0.2) is 48.5 Å². The van der Waals surface area contributed by atoms with Crippen LogP contribution in [0.5, 0.6) is 11.5 Å². The summed E-state index contributed by atoms with van der Waals surface area (Å²) in [4.78, 5) is 5.32. The van der Waals surface area contributed by atoms with Crippen molar-refractivity contribution in [1.82, 2.24) is 9.80 Å². The molecule has 0 amide bonds. The van der Waals surface area contributed by atoms with Crippen molar-refractivity contribution in [3.8, 4) is 11.5 Å². The zero-order valence-electron chi connectivity index (χ0n) is 16.6. The molecule has 0 N–H and O–H groups in total. The second-order valence-corrected chi connectivity index (χ2v) is 8.42. The van der Waals surface area contributed by atoms with Crippen LogP contribution in [0.1, 0.15) is 42.7 Å². The maximum atomic E-state index is 5.52. The highest BCUT2D eigenvalue weighted by atomic mass is 16.7. The fourth-order valence-corrected chi connectivity index (χ4v) is 5.08. The van der Waals surface area contributed by atoms with E-state index < -0.39 is 0 Å². The molecule has 1 saturated heterocycles. The van der Waals surface area contributed by atoms with Crippen LogP contribution in [0.25, 0.3) is 0 Å². The fourth-order valence-electron chi connectivity index (χ4n) is 5.08. The zero-order chi connectivity index (χ0) is 18.8. The number of hydrogen-bond donors (Lipinski definition) is 0. The number of benzene rings is 2. The van der Waals surface area contributed by atoms with Gasteiger partial charge in [-0.15, -0.1) is 0 Å². The lowest BCUT2D eigenvalue weighted by Crippen LogP contribution is -2.50. The third kappa shape index (κ3) is 3.89. The van der Waals surface area contributed by atoms with E-state index in [9.17, 15) is 0 Å². The molecular formula is C24H30N2O2. The van der Waals surface area contributed by atoms with Crippen LogP contribution < -0.4 is 9.47 Å². The Hall–Kier alpha value is -2.04. The summed E-state index contributed by atoms with van der Waals surface area (Å²) in [6.07, 6.45) is 5.38.